The first kappa shape index (κ1) is 22.5. The number of thioether (sulfide) groups is 1. The summed E-state index contributed by atoms with van der Waals surface area (Å²) < 4.78 is 0. The third kappa shape index (κ3) is 6.02. The molecule has 0 heterocycles. The van der Waals surface area contributed by atoms with Crippen molar-refractivity contribution < 1.29 is 4.79 Å². The van der Waals surface area contributed by atoms with Gasteiger partial charge >= 0.3 is 0 Å². The Kier molecular flexibility index (Phi) is 8.15. The van der Waals surface area contributed by atoms with Crippen molar-refractivity contribution in [2.24, 2.45) is 16.7 Å². The highest BCUT2D eigenvalue weighted by Gasteiger charge is 2.40. The molecule has 0 aromatic heterocycles. The smallest absolute Gasteiger partial charge is 0.199 e. The third-order valence-electron chi connectivity index (χ3n) is 4.74. The number of rotatable bonds is 7. The molecular weight excluding hydrogens is 336 g/mol. The molecule has 1 unspecified atom stereocenters. The first-order chi connectivity index (χ1) is 12.0. The van der Waals surface area contributed by atoms with Gasteiger partial charge in [0, 0.05) is 10.3 Å². The van der Waals surface area contributed by atoms with Crippen molar-refractivity contribution in [1.29, 1.82) is 0 Å². The Hall–Kier alpha value is -1.54. The Morgan fingerprint density at radius 3 is 2.15 bits per heavy atom. The maximum atomic E-state index is 13.4. The predicted octanol–water partition coefficient (Wildman–Crippen LogP) is 7.52. The van der Waals surface area contributed by atoms with Gasteiger partial charge in [0.15, 0.2) is 5.12 Å². The number of hydrogen-bond donors (Lipinski definition) is 0. The van der Waals surface area contributed by atoms with Gasteiger partial charge in [-0.2, -0.15) is 0 Å². The van der Waals surface area contributed by atoms with Crippen LogP contribution in [0.2, 0.25) is 0 Å². The van der Waals surface area contributed by atoms with E-state index < -0.39 is 0 Å². The fourth-order valence-corrected chi connectivity index (χ4v) is 4.31. The van der Waals surface area contributed by atoms with E-state index in [1.165, 1.54) is 11.8 Å². The van der Waals surface area contributed by atoms with Gasteiger partial charge < -0.3 is 0 Å². The molecule has 2 heteroatoms. The maximum absolute atomic E-state index is 13.4. The van der Waals surface area contributed by atoms with E-state index in [-0.39, 0.29) is 21.9 Å². The molecule has 0 saturated heterocycles. The molecule has 0 N–H and O–H groups in total. The van der Waals surface area contributed by atoms with E-state index >= 15 is 0 Å². The number of carbonyl (C=O) groups excluding carboxylic acids is 1. The molecule has 0 saturated carbocycles. The zero-order valence-corrected chi connectivity index (χ0v) is 18.2. The second-order valence-corrected chi connectivity index (χ2v) is 9.55. The lowest BCUT2D eigenvalue weighted by Crippen LogP contribution is -2.35. The lowest BCUT2D eigenvalue weighted by Gasteiger charge is -2.37. The summed E-state index contributed by atoms with van der Waals surface area (Å²) in [6.45, 7) is 18.9. The van der Waals surface area contributed by atoms with Gasteiger partial charge in [0.25, 0.3) is 0 Å². The Bertz CT molecular complexity index is 674. The zero-order chi connectivity index (χ0) is 20.0. The zero-order valence-electron chi connectivity index (χ0n) is 17.4. The summed E-state index contributed by atoms with van der Waals surface area (Å²) in [5, 5.41) is 0.237. The molecule has 1 aromatic rings. The summed E-state index contributed by atoms with van der Waals surface area (Å²) in [5.41, 5.74) is 1.88. The van der Waals surface area contributed by atoms with Crippen molar-refractivity contribution in [2.75, 3.05) is 0 Å². The Labute approximate surface area is 164 Å². The van der Waals surface area contributed by atoms with Gasteiger partial charge in [-0.1, -0.05) is 108 Å². The van der Waals surface area contributed by atoms with Gasteiger partial charge in [-0.15, -0.1) is 0 Å². The molecule has 0 bridgehead atoms. The van der Waals surface area contributed by atoms with Crippen molar-refractivity contribution in [3.63, 3.8) is 0 Å². The maximum Gasteiger partial charge on any atom is 0.199 e. The quantitative estimate of drug-likeness (QED) is 0.462. The monoisotopic (exact) mass is 370 g/mol. The molecule has 0 aliphatic rings. The average molecular weight is 371 g/mol. The Morgan fingerprint density at radius 1 is 1.15 bits per heavy atom. The van der Waals surface area contributed by atoms with E-state index in [2.05, 4.69) is 60.3 Å². The van der Waals surface area contributed by atoms with E-state index in [9.17, 15) is 4.79 Å². The van der Waals surface area contributed by atoms with E-state index in [1.807, 2.05) is 37.3 Å². The third-order valence-corrected chi connectivity index (χ3v) is 6.06. The first-order valence-corrected chi connectivity index (χ1v) is 10.1. The highest BCUT2D eigenvalue weighted by Crippen LogP contribution is 2.45. The first-order valence-electron chi connectivity index (χ1n) is 9.32. The minimum absolute atomic E-state index is 0.102. The summed E-state index contributed by atoms with van der Waals surface area (Å²) in [6.07, 6.45) is 6.67. The van der Waals surface area contributed by atoms with Crippen molar-refractivity contribution in [3.8, 4) is 0 Å². The number of carbonyl (C=O) groups is 1. The summed E-state index contributed by atoms with van der Waals surface area (Å²) >= 11 is 1.37. The molecule has 1 nitrogen and oxygen atoms in total. The van der Waals surface area contributed by atoms with Crippen molar-refractivity contribution in [3.05, 3.63) is 65.6 Å². The number of benzene rings is 1. The van der Waals surface area contributed by atoms with Crippen LogP contribution in [-0.4, -0.2) is 5.12 Å². The summed E-state index contributed by atoms with van der Waals surface area (Å²) in [6, 6.07) is 10.2. The number of hydrogen-bond acceptors (Lipinski definition) is 2. The van der Waals surface area contributed by atoms with E-state index in [1.54, 1.807) is 6.08 Å². The van der Waals surface area contributed by atoms with Crippen molar-refractivity contribution in [1.82, 2.24) is 0 Å². The lowest BCUT2D eigenvalue weighted by molar-refractivity contribution is -0.122. The van der Waals surface area contributed by atoms with Crippen LogP contribution in [0.4, 0.5) is 0 Å². The highest BCUT2D eigenvalue weighted by molar-refractivity contribution is 8.17. The van der Waals surface area contributed by atoms with Gasteiger partial charge in [-0.3, -0.25) is 4.79 Å². The largest absolute Gasteiger partial charge is 0.286 e. The van der Waals surface area contributed by atoms with Crippen LogP contribution in [0.1, 0.15) is 60.5 Å². The molecule has 0 aliphatic carbocycles. The van der Waals surface area contributed by atoms with Crippen LogP contribution in [0.5, 0.6) is 0 Å². The van der Waals surface area contributed by atoms with Gasteiger partial charge in [-0.05, 0) is 35.8 Å². The van der Waals surface area contributed by atoms with Gasteiger partial charge in [0.05, 0.1) is 0 Å². The van der Waals surface area contributed by atoms with Crippen LogP contribution < -0.4 is 0 Å². The van der Waals surface area contributed by atoms with Crippen molar-refractivity contribution >= 4 is 22.5 Å². The average Bonchev–Trinajstić information content (AvgIpc) is 2.56. The van der Waals surface area contributed by atoms with Crippen LogP contribution >= 0.6 is 11.8 Å². The molecular formula is C24H34OS. The van der Waals surface area contributed by atoms with Crippen LogP contribution in [0.25, 0.3) is 5.57 Å². The molecule has 0 radical (unpaired) electrons. The van der Waals surface area contributed by atoms with Gasteiger partial charge in [-0.25, -0.2) is 0 Å². The normalized spacial score (nSPS) is 15.7. The topological polar surface area (TPSA) is 17.1 Å². The molecule has 1 atom stereocenters. The standard InChI is InChI=1S/C24H34OS/c1-9-14-20(19-15-12-11-13-16-19)21(10-2)26-22(25)24(8,18(3)4)17-23(5,6)7/h9-16,18H,1,17H2,2-8H3. The molecule has 0 amide bonds. The van der Waals surface area contributed by atoms with E-state index in [0.29, 0.717) is 0 Å². The molecule has 1 aromatic carbocycles. The summed E-state index contributed by atoms with van der Waals surface area (Å²) in [7, 11) is 0. The fourth-order valence-electron chi connectivity index (χ4n) is 3.16. The van der Waals surface area contributed by atoms with Crippen LogP contribution in [0.3, 0.4) is 0 Å². The molecule has 142 valence electrons. The van der Waals surface area contributed by atoms with Gasteiger partial charge in [0.1, 0.15) is 0 Å². The second-order valence-electron chi connectivity index (χ2n) is 8.53. The summed E-state index contributed by atoms with van der Waals surface area (Å²) in [5.74, 6) is 0.281. The molecule has 26 heavy (non-hydrogen) atoms. The molecule has 1 rings (SSSR count). The fraction of sp³-hybridized carbons (Fsp3) is 0.458. The highest BCUT2D eigenvalue weighted by atomic mass is 32.2. The van der Waals surface area contributed by atoms with Crippen LogP contribution in [0.15, 0.2) is 60.0 Å². The lowest BCUT2D eigenvalue weighted by atomic mass is 9.69. The second kappa shape index (κ2) is 9.41. The minimum atomic E-state index is -0.368. The van der Waals surface area contributed by atoms with Gasteiger partial charge in [0.2, 0.25) is 0 Å². The van der Waals surface area contributed by atoms with E-state index in [0.717, 1.165) is 22.5 Å². The summed E-state index contributed by atoms with van der Waals surface area (Å²) in [4.78, 5) is 14.4. The molecule has 0 aliphatic heterocycles. The Morgan fingerprint density at radius 2 is 1.73 bits per heavy atom. The van der Waals surface area contributed by atoms with Crippen molar-refractivity contribution in [2.45, 2.75) is 54.9 Å². The predicted molar refractivity (Wildman–Crippen MR) is 118 cm³/mol. The molecule has 0 spiro atoms. The minimum Gasteiger partial charge on any atom is -0.286 e. The number of allylic oxidation sites excluding steroid dienone is 4. The molecule has 0 fully saturated rings. The SMILES string of the molecule is C=CC=C(C(=CC)SC(=O)C(C)(CC(C)(C)C)C(C)C)c1ccccc1. The van der Waals surface area contributed by atoms with Crippen LogP contribution in [0, 0.1) is 16.7 Å². The Balaban J connectivity index is 3.20. The van der Waals surface area contributed by atoms with E-state index in [4.69, 9.17) is 0 Å². The van der Waals surface area contributed by atoms with Crippen LogP contribution in [-0.2, 0) is 4.79 Å².